The van der Waals surface area contributed by atoms with Crippen LogP contribution in [0.25, 0.3) is 89.5 Å². The van der Waals surface area contributed by atoms with Crippen LogP contribution in [0.3, 0.4) is 0 Å². The van der Waals surface area contributed by atoms with Crippen molar-refractivity contribution in [3.05, 3.63) is 140 Å². The monoisotopic (exact) mass is 687 g/mol. The lowest BCUT2D eigenvalue weighted by atomic mass is 9.65. The molecule has 0 fully saturated rings. The first-order valence-corrected chi connectivity index (χ1v) is 17.6. The first kappa shape index (κ1) is 34.5. The van der Waals surface area contributed by atoms with E-state index in [0.29, 0.717) is 44.6 Å². The van der Waals surface area contributed by atoms with E-state index in [-0.39, 0.29) is 38.7 Å². The Labute approximate surface area is 327 Å². The van der Waals surface area contributed by atoms with Crippen molar-refractivity contribution >= 4 is 102 Å². The Morgan fingerprint density at radius 3 is 1.16 bits per heavy atom. The van der Waals surface area contributed by atoms with Gasteiger partial charge in [-0.2, -0.15) is 0 Å². The fraction of sp³-hybridized carbons (Fsp3) is 0. The van der Waals surface area contributed by atoms with Gasteiger partial charge in [-0.1, -0.05) is 156 Å². The van der Waals surface area contributed by atoms with Crippen LogP contribution in [0.4, 0.5) is 0 Å². The van der Waals surface area contributed by atoms with Crippen LogP contribution in [-0.2, 0) is 0 Å². The van der Waals surface area contributed by atoms with Crippen LogP contribution in [-0.4, -0.2) is 62.0 Å². The average molecular weight is 687 g/mol. The molecule has 9 aromatic rings. The molecular weight excluding hydrogens is 663 g/mol. The van der Waals surface area contributed by atoms with Gasteiger partial charge in [-0.05, 0) is 38.8 Å². The Bertz CT molecular complexity index is 2800. The van der Waals surface area contributed by atoms with E-state index in [1.807, 2.05) is 115 Å². The Kier molecular flexibility index (Phi) is 8.70. The number of fused-ring (bicyclic) bond motifs is 3. The lowest BCUT2D eigenvalue weighted by molar-refractivity contribution is 0.674. The largest absolute Gasteiger partial charge is 0.457 e. The zero-order chi connectivity index (χ0) is 37.8. The van der Waals surface area contributed by atoms with Gasteiger partial charge in [0.2, 0.25) is 0 Å². The summed E-state index contributed by atoms with van der Waals surface area (Å²) >= 11 is 0. The molecule has 0 aliphatic carbocycles. The van der Waals surface area contributed by atoms with Gasteiger partial charge in [-0.25, -0.2) is 15.0 Å². The maximum absolute atomic E-state index is 7.22. The zero-order valence-electron chi connectivity index (χ0n) is 29.5. The molecule has 0 aliphatic rings. The number of aromatic nitrogens is 3. The first-order valence-electron chi connectivity index (χ1n) is 17.6. The molecule has 0 N–H and O–H groups in total. The molecule has 0 amide bonds. The predicted octanol–water partition coefficient (Wildman–Crippen LogP) is 4.54. The van der Waals surface area contributed by atoms with E-state index in [2.05, 4.69) is 24.3 Å². The topological polar surface area (TPSA) is 51.8 Å². The molecule has 242 valence electrons. The van der Waals surface area contributed by atoms with Crippen molar-refractivity contribution in [2.45, 2.75) is 0 Å². The van der Waals surface area contributed by atoms with E-state index in [0.717, 1.165) is 38.9 Å². The fourth-order valence-electron chi connectivity index (χ4n) is 7.15. The van der Waals surface area contributed by atoms with Crippen molar-refractivity contribution in [3.8, 4) is 67.5 Å². The van der Waals surface area contributed by atoms with E-state index >= 15 is 0 Å². The fourth-order valence-corrected chi connectivity index (χ4v) is 7.15. The van der Waals surface area contributed by atoms with E-state index in [1.165, 1.54) is 0 Å². The molecule has 0 bridgehead atoms. The highest BCUT2D eigenvalue weighted by atomic mass is 16.3. The van der Waals surface area contributed by atoms with Crippen LogP contribution in [0, 0.1) is 0 Å². The van der Waals surface area contributed by atoms with E-state index in [9.17, 15) is 0 Å². The second-order valence-corrected chi connectivity index (χ2v) is 13.3. The van der Waals surface area contributed by atoms with Crippen LogP contribution in [0.15, 0.2) is 144 Å². The molecule has 4 nitrogen and oxygen atoms in total. The quantitative estimate of drug-likeness (QED) is 0.242. The molecule has 2 heterocycles. The van der Waals surface area contributed by atoms with Crippen molar-refractivity contribution in [2.75, 3.05) is 0 Å². The molecule has 9 rings (SSSR count). The summed E-state index contributed by atoms with van der Waals surface area (Å²) in [4.78, 5) is 15.1. The molecule has 0 spiro atoms. The van der Waals surface area contributed by atoms with E-state index in [4.69, 9.17) is 66.4 Å². The van der Waals surface area contributed by atoms with Crippen LogP contribution >= 0.6 is 0 Å². The van der Waals surface area contributed by atoms with Gasteiger partial charge in [0.15, 0.2) is 17.5 Å². The minimum atomic E-state index is 0.125. The third-order valence-electron chi connectivity index (χ3n) is 10.0. The number of nitrogens with zero attached hydrogens (tertiary/aromatic N) is 3. The normalized spacial score (nSPS) is 11.3. The summed E-state index contributed by atoms with van der Waals surface area (Å²) in [6, 6.07) is 46.1. The van der Waals surface area contributed by atoms with Gasteiger partial charge in [0.25, 0.3) is 0 Å². The molecule has 10 heteroatoms. The summed E-state index contributed by atoms with van der Waals surface area (Å²) in [6.45, 7) is 0. The zero-order valence-corrected chi connectivity index (χ0v) is 29.5. The van der Waals surface area contributed by atoms with Gasteiger partial charge in [-0.3, -0.25) is 0 Å². The van der Waals surface area contributed by atoms with Crippen molar-refractivity contribution in [2.24, 2.45) is 0 Å². The number of hydrogen-bond donors (Lipinski definition) is 0. The summed E-state index contributed by atoms with van der Waals surface area (Å²) in [5, 5.41) is 1.02. The molecular formula is C45H23B6N3O. The minimum Gasteiger partial charge on any atom is -0.457 e. The molecule has 0 aliphatic heterocycles. The van der Waals surface area contributed by atoms with Gasteiger partial charge in [0, 0.05) is 27.5 Å². The Hall–Kier alpha value is -6.26. The molecule has 7 aromatic carbocycles. The Balaban J connectivity index is 1.31. The minimum absolute atomic E-state index is 0.125. The SMILES string of the molecule is [B]c1c([B])c([B])c2c(oc3c([B])c(-c4nc(-c5ccc(-c6ccccc6)cc5)nc(-c5ccc(-c6ccccc6)cc5)n4)c([B])c(-c4ccccc4)c32)c1[B]. The van der Waals surface area contributed by atoms with Gasteiger partial charge in [-0.15, -0.1) is 10.9 Å². The number of rotatable bonds is 6. The van der Waals surface area contributed by atoms with Gasteiger partial charge in [0.05, 0.1) is 0 Å². The maximum atomic E-state index is 7.22. The molecule has 0 atom stereocenters. The van der Waals surface area contributed by atoms with Gasteiger partial charge < -0.3 is 4.42 Å². The third-order valence-corrected chi connectivity index (χ3v) is 10.0. The van der Waals surface area contributed by atoms with Crippen molar-refractivity contribution in [3.63, 3.8) is 0 Å². The highest BCUT2D eigenvalue weighted by Gasteiger charge is 2.26. The van der Waals surface area contributed by atoms with Crippen LogP contribution in [0.1, 0.15) is 0 Å². The first-order chi connectivity index (χ1) is 26.8. The summed E-state index contributed by atoms with van der Waals surface area (Å²) < 4.78 is 6.46. The molecule has 0 saturated carbocycles. The lowest BCUT2D eigenvalue weighted by Gasteiger charge is -2.19. The van der Waals surface area contributed by atoms with Crippen molar-refractivity contribution < 1.29 is 4.42 Å². The Morgan fingerprint density at radius 2 is 0.673 bits per heavy atom. The van der Waals surface area contributed by atoms with Crippen molar-refractivity contribution in [1.29, 1.82) is 0 Å². The lowest BCUT2D eigenvalue weighted by Crippen LogP contribution is -2.47. The Morgan fingerprint density at radius 1 is 0.291 bits per heavy atom. The van der Waals surface area contributed by atoms with Crippen LogP contribution in [0.5, 0.6) is 0 Å². The summed E-state index contributed by atoms with van der Waals surface area (Å²) in [5.74, 6) is 1.13. The average Bonchev–Trinajstić information content (AvgIpc) is 3.64. The number of hydrogen-bond acceptors (Lipinski definition) is 4. The molecule has 0 saturated heterocycles. The standard InChI is InChI=1S/C45H23B6N3O/c46-35-31(28-14-8-3-9-15-28)32-33-36(47)38(49)39(50)40(51)42(33)55-41(32)37(48)34(35)45-53-43(29-20-16-26(17-21-29)24-10-4-1-5-11-24)52-44(54-45)30-22-18-27(19-23-30)25-12-6-2-7-13-25/h1-23H. The van der Waals surface area contributed by atoms with Crippen LogP contribution < -0.4 is 32.8 Å². The highest BCUT2D eigenvalue weighted by molar-refractivity contribution is 6.67. The number of benzene rings is 7. The van der Waals surface area contributed by atoms with Gasteiger partial charge >= 0.3 is 0 Å². The van der Waals surface area contributed by atoms with E-state index < -0.39 is 0 Å². The van der Waals surface area contributed by atoms with Crippen LogP contribution in [0.2, 0.25) is 0 Å². The summed E-state index contributed by atoms with van der Waals surface area (Å²) in [7, 11) is 40.0. The second-order valence-electron chi connectivity index (χ2n) is 13.3. The predicted molar refractivity (Wildman–Crippen MR) is 232 cm³/mol. The summed E-state index contributed by atoms with van der Waals surface area (Å²) in [6.07, 6.45) is 0. The van der Waals surface area contributed by atoms with Crippen molar-refractivity contribution in [1.82, 2.24) is 15.0 Å². The molecule has 2 aromatic heterocycles. The second kappa shape index (κ2) is 13.9. The third kappa shape index (κ3) is 5.93. The summed E-state index contributed by atoms with van der Waals surface area (Å²) in [5.41, 5.74) is 9.35. The van der Waals surface area contributed by atoms with E-state index in [1.54, 1.807) is 0 Å². The highest BCUT2D eigenvalue weighted by Crippen LogP contribution is 2.36. The van der Waals surface area contributed by atoms with Gasteiger partial charge in [0.1, 0.15) is 58.2 Å². The smallest absolute Gasteiger partial charge is 0.164 e. The molecule has 55 heavy (non-hydrogen) atoms. The molecule has 0 unspecified atom stereocenters. The molecule has 12 radical (unpaired) electrons. The number of furan rings is 1. The maximum Gasteiger partial charge on any atom is 0.164 e.